The molecule has 0 N–H and O–H groups in total. The summed E-state index contributed by atoms with van der Waals surface area (Å²) in [5, 5.41) is 0. The summed E-state index contributed by atoms with van der Waals surface area (Å²) >= 11 is 0. The van der Waals surface area contributed by atoms with E-state index in [4.69, 9.17) is 14.2 Å². The maximum atomic E-state index is 12.3. The molecule has 0 radical (unpaired) electrons. The van der Waals surface area contributed by atoms with Gasteiger partial charge >= 0.3 is 5.97 Å². The highest BCUT2D eigenvalue weighted by Crippen LogP contribution is 2.50. The van der Waals surface area contributed by atoms with Crippen molar-refractivity contribution in [3.63, 3.8) is 0 Å². The highest BCUT2D eigenvalue weighted by molar-refractivity contribution is 5.89. The average molecular weight is 368 g/mol. The van der Waals surface area contributed by atoms with E-state index in [0.29, 0.717) is 24.1 Å². The van der Waals surface area contributed by atoms with E-state index in [1.165, 1.54) is 11.1 Å². The summed E-state index contributed by atoms with van der Waals surface area (Å²) in [5.41, 5.74) is 3.21. The number of carbonyl (C=O) groups excluding carboxylic acids is 1. The van der Waals surface area contributed by atoms with Crippen LogP contribution in [-0.4, -0.2) is 51.4 Å². The van der Waals surface area contributed by atoms with E-state index >= 15 is 0 Å². The van der Waals surface area contributed by atoms with Crippen LogP contribution in [0.25, 0.3) is 0 Å². The van der Waals surface area contributed by atoms with Gasteiger partial charge in [0.1, 0.15) is 12.6 Å². The molecule has 27 heavy (non-hydrogen) atoms. The number of carbonyl (C=O) groups is 1. The molecule has 0 bridgehead atoms. The Morgan fingerprint density at radius 2 is 1.81 bits per heavy atom. The molecule has 142 valence electrons. The van der Waals surface area contributed by atoms with Gasteiger partial charge in [0, 0.05) is 12.0 Å². The topological polar surface area (TPSA) is 44.8 Å². The molecular weight excluding hydrogens is 342 g/mol. The Morgan fingerprint density at radius 1 is 1.11 bits per heavy atom. The van der Waals surface area contributed by atoms with Crippen molar-refractivity contribution >= 4 is 5.97 Å². The fraction of sp³-hybridized carbons (Fsp3) is 0.409. The van der Waals surface area contributed by atoms with Crippen molar-refractivity contribution in [2.45, 2.75) is 12.5 Å². The molecule has 4 rings (SSSR count). The molecule has 2 heterocycles. The van der Waals surface area contributed by atoms with Gasteiger partial charge in [-0.15, -0.1) is 0 Å². The lowest BCUT2D eigenvalue weighted by Gasteiger charge is -2.57. The summed E-state index contributed by atoms with van der Waals surface area (Å²) in [6, 6.07) is 13.7. The predicted octanol–water partition coefficient (Wildman–Crippen LogP) is 3.23. The maximum Gasteiger partial charge on any atom is 0.338 e. The number of methoxy groups -OCH3 is 2. The second kappa shape index (κ2) is 6.89. The highest BCUT2D eigenvalue weighted by Gasteiger charge is 2.55. The number of quaternary nitrogens is 1. The average Bonchev–Trinajstić information content (AvgIpc) is 2.69. The summed E-state index contributed by atoms with van der Waals surface area (Å²) < 4.78 is 17.6. The first-order valence-corrected chi connectivity index (χ1v) is 9.37. The molecule has 0 amide bonds. The zero-order chi connectivity index (χ0) is 19.0. The molecule has 0 spiro atoms. The molecule has 1 saturated heterocycles. The van der Waals surface area contributed by atoms with Crippen molar-refractivity contribution < 1.29 is 23.5 Å². The molecule has 2 aromatic rings. The largest absolute Gasteiger partial charge is 0.493 e. The number of likely N-dealkylation sites (N-methyl/N-ethyl adjacent to an activating group) is 1. The number of hydrogen-bond acceptors (Lipinski definition) is 4. The van der Waals surface area contributed by atoms with Crippen LogP contribution in [0, 0.1) is 5.92 Å². The molecule has 2 aromatic carbocycles. The minimum Gasteiger partial charge on any atom is -0.493 e. The van der Waals surface area contributed by atoms with Gasteiger partial charge in [-0.25, -0.2) is 4.79 Å². The van der Waals surface area contributed by atoms with E-state index in [0.717, 1.165) is 35.5 Å². The van der Waals surface area contributed by atoms with Crippen LogP contribution >= 0.6 is 0 Å². The van der Waals surface area contributed by atoms with Crippen molar-refractivity contribution in [2.75, 3.05) is 41.0 Å². The van der Waals surface area contributed by atoms with Gasteiger partial charge in [-0.1, -0.05) is 18.2 Å². The monoisotopic (exact) mass is 368 g/mol. The lowest BCUT2D eigenvalue weighted by atomic mass is 9.75. The van der Waals surface area contributed by atoms with E-state index < -0.39 is 0 Å². The van der Waals surface area contributed by atoms with Gasteiger partial charge < -0.3 is 18.7 Å². The second-order valence-electron chi connectivity index (χ2n) is 7.71. The summed E-state index contributed by atoms with van der Waals surface area (Å²) in [6.07, 6.45) is 1.03. The molecular formula is C22H26NO4+. The molecule has 0 aromatic heterocycles. The molecule has 0 unspecified atom stereocenters. The zero-order valence-electron chi connectivity index (χ0n) is 16.1. The standard InChI is InChI=1S/C22H26NO4/c1-23-10-9-16-11-19(25-2)20(26-3)12-18(16)21(23)17(13-23)14-27-22(24)15-7-5-4-6-8-15/h4-8,11-12,17,21H,9-10,13-14H2,1-3H3/q+1/t17-,21+,23+/m0/s1. The first kappa shape index (κ1) is 17.9. The van der Waals surface area contributed by atoms with Crippen LogP contribution in [0.4, 0.5) is 0 Å². The van der Waals surface area contributed by atoms with Crippen molar-refractivity contribution in [1.29, 1.82) is 0 Å². The highest BCUT2D eigenvalue weighted by atomic mass is 16.5. The third-order valence-electron chi connectivity index (χ3n) is 6.06. The second-order valence-corrected chi connectivity index (χ2v) is 7.71. The Hall–Kier alpha value is -2.53. The molecule has 3 atom stereocenters. The van der Waals surface area contributed by atoms with Crippen LogP contribution in [-0.2, 0) is 11.2 Å². The number of rotatable bonds is 5. The fourth-order valence-corrected chi connectivity index (χ4v) is 4.73. The fourth-order valence-electron chi connectivity index (χ4n) is 4.73. The van der Waals surface area contributed by atoms with E-state index in [2.05, 4.69) is 19.2 Å². The number of ether oxygens (including phenoxy) is 3. The number of benzene rings is 2. The van der Waals surface area contributed by atoms with Crippen molar-refractivity contribution in [3.8, 4) is 11.5 Å². The smallest absolute Gasteiger partial charge is 0.338 e. The minimum absolute atomic E-state index is 0.250. The Labute approximate surface area is 160 Å². The predicted molar refractivity (Wildman–Crippen MR) is 102 cm³/mol. The Morgan fingerprint density at radius 3 is 2.52 bits per heavy atom. The van der Waals surface area contributed by atoms with Crippen LogP contribution in [0.1, 0.15) is 27.5 Å². The number of nitrogens with zero attached hydrogens (tertiary/aromatic N) is 1. The van der Waals surface area contributed by atoms with E-state index in [9.17, 15) is 4.79 Å². The Kier molecular flexibility index (Phi) is 4.56. The van der Waals surface area contributed by atoms with E-state index in [-0.39, 0.29) is 5.97 Å². The van der Waals surface area contributed by atoms with Gasteiger partial charge in [0.05, 0.1) is 45.8 Å². The summed E-state index contributed by atoms with van der Waals surface area (Å²) in [4.78, 5) is 12.3. The zero-order valence-corrected chi connectivity index (χ0v) is 16.1. The molecule has 5 heteroatoms. The van der Waals surface area contributed by atoms with E-state index in [1.807, 2.05) is 18.2 Å². The van der Waals surface area contributed by atoms with Gasteiger partial charge in [0.15, 0.2) is 11.5 Å². The van der Waals surface area contributed by atoms with E-state index in [1.54, 1.807) is 26.4 Å². The van der Waals surface area contributed by atoms with Crippen LogP contribution in [0.5, 0.6) is 11.5 Å². The third-order valence-corrected chi connectivity index (χ3v) is 6.06. The maximum absolute atomic E-state index is 12.3. The van der Waals surface area contributed by atoms with Crippen LogP contribution < -0.4 is 9.47 Å². The molecule has 5 nitrogen and oxygen atoms in total. The summed E-state index contributed by atoms with van der Waals surface area (Å²) in [5.74, 6) is 1.61. The third kappa shape index (κ3) is 3.06. The molecule has 0 saturated carbocycles. The number of esters is 1. The van der Waals surface area contributed by atoms with Gasteiger partial charge in [-0.05, 0) is 29.8 Å². The lowest BCUT2D eigenvalue weighted by molar-refractivity contribution is -0.992. The van der Waals surface area contributed by atoms with Crippen molar-refractivity contribution in [2.24, 2.45) is 5.92 Å². The van der Waals surface area contributed by atoms with Crippen LogP contribution in [0.15, 0.2) is 42.5 Å². The first-order valence-electron chi connectivity index (χ1n) is 9.37. The number of fused-ring (bicyclic) bond motifs is 3. The van der Waals surface area contributed by atoms with Crippen molar-refractivity contribution in [1.82, 2.24) is 0 Å². The molecule has 2 aliphatic rings. The Balaban J connectivity index is 1.54. The van der Waals surface area contributed by atoms with Crippen molar-refractivity contribution in [3.05, 3.63) is 59.2 Å². The van der Waals surface area contributed by atoms with Gasteiger partial charge in [0.25, 0.3) is 0 Å². The quantitative estimate of drug-likeness (QED) is 0.600. The van der Waals surface area contributed by atoms with Gasteiger partial charge in [0.2, 0.25) is 0 Å². The van der Waals surface area contributed by atoms with Crippen LogP contribution in [0.3, 0.4) is 0 Å². The normalized spacial score (nSPS) is 25.6. The minimum atomic E-state index is -0.250. The Bertz CT molecular complexity index is 851. The number of hydrogen-bond donors (Lipinski definition) is 0. The first-order chi connectivity index (χ1) is 13.1. The summed E-state index contributed by atoms with van der Waals surface area (Å²) in [7, 11) is 5.63. The molecule has 2 aliphatic heterocycles. The molecule has 0 aliphatic carbocycles. The van der Waals surface area contributed by atoms with Crippen LogP contribution in [0.2, 0.25) is 0 Å². The van der Waals surface area contributed by atoms with Gasteiger partial charge in [-0.3, -0.25) is 0 Å². The SMILES string of the molecule is COc1cc2c(cc1OC)[C@H]1[C@H](COC(=O)c3ccccc3)C[N@@+]1(C)CC2. The lowest BCUT2D eigenvalue weighted by Crippen LogP contribution is -2.66. The molecule has 1 fully saturated rings. The van der Waals surface area contributed by atoms with Gasteiger partial charge in [-0.2, -0.15) is 0 Å². The summed E-state index contributed by atoms with van der Waals surface area (Å²) in [6.45, 7) is 2.57.